The molecule has 1 aliphatic rings. The van der Waals surface area contributed by atoms with Gasteiger partial charge in [-0.05, 0) is 31.2 Å². The number of benzene rings is 1. The molecular weight excluding hydrogens is 178 g/mol. The largest absolute Gasteiger partial charge is 0.494 e. The van der Waals surface area contributed by atoms with Crippen LogP contribution in [0, 0.1) is 0 Å². The van der Waals surface area contributed by atoms with Crippen LogP contribution >= 0.6 is 0 Å². The van der Waals surface area contributed by atoms with Crippen molar-refractivity contribution >= 4 is 5.69 Å². The summed E-state index contributed by atoms with van der Waals surface area (Å²) in [4.78, 5) is 0. The molecule has 0 bridgehead atoms. The van der Waals surface area contributed by atoms with Gasteiger partial charge in [0.05, 0.1) is 25.9 Å². The van der Waals surface area contributed by atoms with Crippen LogP contribution < -0.4 is 10.1 Å². The van der Waals surface area contributed by atoms with Gasteiger partial charge in [-0.3, -0.25) is 0 Å². The number of nitrogens with one attached hydrogen (secondary N) is 1. The number of hydrogen-bond donors (Lipinski definition) is 1. The van der Waals surface area contributed by atoms with Gasteiger partial charge < -0.3 is 14.8 Å². The fourth-order valence-corrected chi connectivity index (χ4v) is 1.37. The van der Waals surface area contributed by atoms with Crippen LogP contribution in [0.5, 0.6) is 5.75 Å². The summed E-state index contributed by atoms with van der Waals surface area (Å²) in [6, 6.07) is 8.50. The van der Waals surface area contributed by atoms with Crippen molar-refractivity contribution in [3.8, 4) is 5.75 Å². The molecule has 0 spiro atoms. The normalized spacial score (nSPS) is 16.1. The molecule has 1 aromatic rings. The summed E-state index contributed by atoms with van der Waals surface area (Å²) in [6.45, 7) is 4.32. The smallest absolute Gasteiger partial charge is 0.119 e. The third-order valence-corrected chi connectivity index (χ3v) is 2.17. The Kier molecular flexibility index (Phi) is 2.89. The molecule has 0 amide bonds. The minimum absolute atomic E-state index is 0.480. The number of hydrogen-bond acceptors (Lipinski definition) is 3. The Hall–Kier alpha value is -1.22. The van der Waals surface area contributed by atoms with E-state index in [4.69, 9.17) is 9.47 Å². The fraction of sp³-hybridized carbons (Fsp3) is 0.455. The molecule has 14 heavy (non-hydrogen) atoms. The van der Waals surface area contributed by atoms with Crippen molar-refractivity contribution in [2.75, 3.05) is 25.1 Å². The van der Waals surface area contributed by atoms with Crippen LogP contribution in [0.3, 0.4) is 0 Å². The van der Waals surface area contributed by atoms with E-state index in [2.05, 4.69) is 5.32 Å². The minimum Gasteiger partial charge on any atom is -0.494 e. The first-order valence-electron chi connectivity index (χ1n) is 4.95. The van der Waals surface area contributed by atoms with Gasteiger partial charge in [-0.15, -0.1) is 0 Å². The van der Waals surface area contributed by atoms with E-state index in [-0.39, 0.29) is 0 Å². The molecule has 1 aromatic carbocycles. The SMILES string of the molecule is CCOc1ccc(NC2COC2)cc1. The van der Waals surface area contributed by atoms with Crippen LogP contribution in [0.1, 0.15) is 6.92 Å². The van der Waals surface area contributed by atoms with Gasteiger partial charge in [-0.1, -0.05) is 0 Å². The first-order chi connectivity index (χ1) is 6.88. The molecule has 76 valence electrons. The zero-order chi connectivity index (χ0) is 9.80. The Bertz CT molecular complexity index is 280. The summed E-state index contributed by atoms with van der Waals surface area (Å²) in [5.41, 5.74) is 1.13. The van der Waals surface area contributed by atoms with Gasteiger partial charge in [-0.2, -0.15) is 0 Å². The molecule has 3 heteroatoms. The summed E-state index contributed by atoms with van der Waals surface area (Å²) in [5.74, 6) is 0.919. The van der Waals surface area contributed by atoms with Gasteiger partial charge in [0.2, 0.25) is 0 Å². The van der Waals surface area contributed by atoms with E-state index in [9.17, 15) is 0 Å². The maximum atomic E-state index is 5.35. The zero-order valence-electron chi connectivity index (χ0n) is 8.32. The molecule has 1 N–H and O–H groups in total. The van der Waals surface area contributed by atoms with Crippen LogP contribution in [0.4, 0.5) is 5.69 Å². The molecular formula is C11H15NO2. The molecule has 0 saturated carbocycles. The highest BCUT2D eigenvalue weighted by Gasteiger charge is 2.17. The fourth-order valence-electron chi connectivity index (χ4n) is 1.37. The van der Waals surface area contributed by atoms with Crippen LogP contribution in [0.15, 0.2) is 24.3 Å². The lowest BCUT2D eigenvalue weighted by Gasteiger charge is -2.27. The third kappa shape index (κ3) is 2.17. The van der Waals surface area contributed by atoms with E-state index in [1.807, 2.05) is 31.2 Å². The van der Waals surface area contributed by atoms with Crippen LogP contribution in [-0.2, 0) is 4.74 Å². The second kappa shape index (κ2) is 4.33. The second-order valence-corrected chi connectivity index (χ2v) is 3.34. The van der Waals surface area contributed by atoms with Gasteiger partial charge in [0.15, 0.2) is 0 Å². The molecule has 1 aliphatic heterocycles. The number of anilines is 1. The lowest BCUT2D eigenvalue weighted by Crippen LogP contribution is -2.40. The standard InChI is InChI=1S/C11H15NO2/c1-2-14-11-5-3-9(4-6-11)12-10-7-13-8-10/h3-6,10,12H,2,7-8H2,1H3. The molecule has 0 unspecified atom stereocenters. The molecule has 1 heterocycles. The molecule has 0 aliphatic carbocycles. The first-order valence-corrected chi connectivity index (χ1v) is 4.95. The predicted octanol–water partition coefficient (Wildman–Crippen LogP) is 1.90. The molecule has 0 atom stereocenters. The van der Waals surface area contributed by atoms with Crippen molar-refractivity contribution in [1.82, 2.24) is 0 Å². The predicted molar refractivity (Wildman–Crippen MR) is 55.8 cm³/mol. The molecule has 1 fully saturated rings. The van der Waals surface area contributed by atoms with Gasteiger partial charge in [0.1, 0.15) is 5.75 Å². The van der Waals surface area contributed by atoms with Gasteiger partial charge in [0, 0.05) is 5.69 Å². The van der Waals surface area contributed by atoms with E-state index in [0.29, 0.717) is 12.6 Å². The monoisotopic (exact) mass is 193 g/mol. The summed E-state index contributed by atoms with van der Waals surface area (Å²) < 4.78 is 10.4. The Morgan fingerprint density at radius 2 is 2.07 bits per heavy atom. The van der Waals surface area contributed by atoms with Crippen molar-refractivity contribution in [2.24, 2.45) is 0 Å². The molecule has 0 aromatic heterocycles. The van der Waals surface area contributed by atoms with E-state index in [0.717, 1.165) is 24.7 Å². The van der Waals surface area contributed by atoms with E-state index in [1.54, 1.807) is 0 Å². The summed E-state index contributed by atoms with van der Waals surface area (Å²) >= 11 is 0. The maximum Gasteiger partial charge on any atom is 0.119 e. The Labute approximate surface area is 84.0 Å². The summed E-state index contributed by atoms with van der Waals surface area (Å²) in [5, 5.41) is 3.37. The Morgan fingerprint density at radius 3 is 2.57 bits per heavy atom. The average Bonchev–Trinajstić information content (AvgIpc) is 2.14. The van der Waals surface area contributed by atoms with Crippen molar-refractivity contribution < 1.29 is 9.47 Å². The Morgan fingerprint density at radius 1 is 1.36 bits per heavy atom. The van der Waals surface area contributed by atoms with Crippen molar-refractivity contribution in [1.29, 1.82) is 0 Å². The molecule has 1 saturated heterocycles. The highest BCUT2D eigenvalue weighted by atomic mass is 16.5. The third-order valence-electron chi connectivity index (χ3n) is 2.17. The lowest BCUT2D eigenvalue weighted by atomic mass is 10.2. The maximum absolute atomic E-state index is 5.35. The van der Waals surface area contributed by atoms with E-state index in [1.165, 1.54) is 0 Å². The topological polar surface area (TPSA) is 30.5 Å². The van der Waals surface area contributed by atoms with Crippen molar-refractivity contribution in [3.63, 3.8) is 0 Å². The quantitative estimate of drug-likeness (QED) is 0.792. The highest BCUT2D eigenvalue weighted by molar-refractivity contribution is 5.47. The van der Waals surface area contributed by atoms with Gasteiger partial charge >= 0.3 is 0 Å². The van der Waals surface area contributed by atoms with E-state index >= 15 is 0 Å². The van der Waals surface area contributed by atoms with Crippen LogP contribution in [-0.4, -0.2) is 25.9 Å². The van der Waals surface area contributed by atoms with Crippen LogP contribution in [0.25, 0.3) is 0 Å². The van der Waals surface area contributed by atoms with Crippen LogP contribution in [0.2, 0.25) is 0 Å². The number of rotatable bonds is 4. The molecule has 0 radical (unpaired) electrons. The lowest BCUT2D eigenvalue weighted by molar-refractivity contribution is 0.0211. The number of ether oxygens (including phenoxy) is 2. The Balaban J connectivity index is 1.91. The van der Waals surface area contributed by atoms with Crippen molar-refractivity contribution in [3.05, 3.63) is 24.3 Å². The minimum atomic E-state index is 0.480. The van der Waals surface area contributed by atoms with Gasteiger partial charge in [-0.25, -0.2) is 0 Å². The highest BCUT2D eigenvalue weighted by Crippen LogP contribution is 2.17. The molecule has 3 nitrogen and oxygen atoms in total. The summed E-state index contributed by atoms with van der Waals surface area (Å²) in [7, 11) is 0. The second-order valence-electron chi connectivity index (χ2n) is 3.34. The van der Waals surface area contributed by atoms with Crippen molar-refractivity contribution in [2.45, 2.75) is 13.0 Å². The summed E-state index contributed by atoms with van der Waals surface area (Å²) in [6.07, 6.45) is 0. The average molecular weight is 193 g/mol. The van der Waals surface area contributed by atoms with Gasteiger partial charge in [0.25, 0.3) is 0 Å². The zero-order valence-corrected chi connectivity index (χ0v) is 8.32. The molecule has 2 rings (SSSR count). The first kappa shape index (κ1) is 9.34. The van der Waals surface area contributed by atoms with E-state index < -0.39 is 0 Å².